The van der Waals surface area contributed by atoms with Crippen molar-refractivity contribution in [1.82, 2.24) is 4.90 Å². The van der Waals surface area contributed by atoms with Gasteiger partial charge in [-0.2, -0.15) is 0 Å². The van der Waals surface area contributed by atoms with Gasteiger partial charge in [-0.1, -0.05) is 39.8 Å². The Hall–Kier alpha value is -1.51. The van der Waals surface area contributed by atoms with E-state index in [0.29, 0.717) is 6.54 Å². The summed E-state index contributed by atoms with van der Waals surface area (Å²) in [5.74, 6) is 1.08. The number of ether oxygens (including phenoxy) is 1. The van der Waals surface area contributed by atoms with Gasteiger partial charge < -0.3 is 9.64 Å². The molecule has 1 amide bonds. The Morgan fingerprint density at radius 3 is 2.50 bits per heavy atom. The van der Waals surface area contributed by atoms with E-state index in [4.69, 9.17) is 4.74 Å². The van der Waals surface area contributed by atoms with E-state index in [1.54, 1.807) is 11.8 Å². The molecular formula is C17H29NO2. The monoisotopic (exact) mass is 279 g/mol. The number of nitrogens with zero attached hydrogens (tertiary/aromatic N) is 1. The van der Waals surface area contributed by atoms with Gasteiger partial charge in [0.2, 0.25) is 5.91 Å². The summed E-state index contributed by atoms with van der Waals surface area (Å²) in [6.45, 7) is 11.1. The van der Waals surface area contributed by atoms with Crippen LogP contribution in [0.5, 0.6) is 5.75 Å². The Kier molecular flexibility index (Phi) is 9.52. The molecule has 1 aromatic carbocycles. The zero-order chi connectivity index (χ0) is 15.5. The summed E-state index contributed by atoms with van der Waals surface area (Å²) >= 11 is 0. The van der Waals surface area contributed by atoms with Gasteiger partial charge in [-0.05, 0) is 30.0 Å². The van der Waals surface area contributed by atoms with Crippen LogP contribution in [0.2, 0.25) is 0 Å². The number of fused-ring (bicyclic) bond motifs is 1. The van der Waals surface area contributed by atoms with Crippen LogP contribution in [0.25, 0.3) is 0 Å². The molecule has 0 saturated heterocycles. The standard InChI is InChI=1S/C13H17NO2.2C2H6/c1-10(15)14(2)9-11-5-3-7-13-12(11)6-4-8-16-13;2*1-2/h3,5,7H,4,6,8-9H2,1-2H3;2*1-2H3. The maximum atomic E-state index is 11.2. The first-order chi connectivity index (χ1) is 9.68. The van der Waals surface area contributed by atoms with E-state index in [0.717, 1.165) is 25.2 Å². The van der Waals surface area contributed by atoms with Gasteiger partial charge in [0.1, 0.15) is 5.75 Å². The molecule has 3 heteroatoms. The van der Waals surface area contributed by atoms with Crippen LogP contribution in [0.3, 0.4) is 0 Å². The van der Waals surface area contributed by atoms with Gasteiger partial charge in [0.25, 0.3) is 0 Å². The van der Waals surface area contributed by atoms with Crippen LogP contribution in [0.1, 0.15) is 52.2 Å². The van der Waals surface area contributed by atoms with Gasteiger partial charge >= 0.3 is 0 Å². The Bertz CT molecular complexity index is 402. The van der Waals surface area contributed by atoms with Crippen LogP contribution < -0.4 is 4.74 Å². The molecule has 0 spiro atoms. The molecule has 0 unspecified atom stereocenters. The van der Waals surface area contributed by atoms with Crippen molar-refractivity contribution in [3.8, 4) is 5.75 Å². The topological polar surface area (TPSA) is 29.5 Å². The second-order valence-electron chi connectivity index (χ2n) is 4.22. The Labute approximate surface area is 123 Å². The Morgan fingerprint density at radius 1 is 1.25 bits per heavy atom. The number of benzene rings is 1. The minimum absolute atomic E-state index is 0.0920. The maximum absolute atomic E-state index is 11.2. The summed E-state index contributed by atoms with van der Waals surface area (Å²) in [4.78, 5) is 12.9. The molecule has 0 bridgehead atoms. The molecule has 0 fully saturated rings. The molecule has 114 valence electrons. The quantitative estimate of drug-likeness (QED) is 0.817. The molecule has 0 saturated carbocycles. The molecule has 0 aliphatic carbocycles. The molecule has 1 aliphatic rings. The number of carbonyl (C=O) groups excluding carboxylic acids is 1. The largest absolute Gasteiger partial charge is 0.493 e. The predicted molar refractivity (Wildman–Crippen MR) is 85.1 cm³/mol. The van der Waals surface area contributed by atoms with E-state index >= 15 is 0 Å². The minimum atomic E-state index is 0.0920. The average molecular weight is 279 g/mol. The highest BCUT2D eigenvalue weighted by molar-refractivity contribution is 5.72. The predicted octanol–water partition coefficient (Wildman–Crippen LogP) is 4.04. The van der Waals surface area contributed by atoms with E-state index in [2.05, 4.69) is 6.07 Å². The summed E-state index contributed by atoms with van der Waals surface area (Å²) < 4.78 is 5.60. The number of amides is 1. The van der Waals surface area contributed by atoms with Crippen molar-refractivity contribution in [1.29, 1.82) is 0 Å². The fourth-order valence-corrected chi connectivity index (χ4v) is 1.98. The summed E-state index contributed by atoms with van der Waals surface area (Å²) in [6, 6.07) is 6.08. The summed E-state index contributed by atoms with van der Waals surface area (Å²) in [7, 11) is 1.82. The van der Waals surface area contributed by atoms with Crippen LogP contribution in [-0.4, -0.2) is 24.5 Å². The van der Waals surface area contributed by atoms with Crippen LogP contribution in [0.15, 0.2) is 18.2 Å². The molecule has 1 aromatic rings. The summed E-state index contributed by atoms with van der Waals surface area (Å²) in [5.41, 5.74) is 2.47. The molecule has 1 aliphatic heterocycles. The zero-order valence-corrected chi connectivity index (χ0v) is 13.8. The molecule has 2 rings (SSSR count). The summed E-state index contributed by atoms with van der Waals surface area (Å²) in [6.07, 6.45) is 2.12. The lowest BCUT2D eigenvalue weighted by atomic mass is 9.99. The van der Waals surface area contributed by atoms with Crippen LogP contribution >= 0.6 is 0 Å². The smallest absolute Gasteiger partial charge is 0.219 e. The van der Waals surface area contributed by atoms with Gasteiger partial charge in [-0.25, -0.2) is 0 Å². The van der Waals surface area contributed by atoms with Gasteiger partial charge in [-0.3, -0.25) is 4.79 Å². The van der Waals surface area contributed by atoms with Crippen molar-refractivity contribution in [2.45, 2.75) is 54.0 Å². The lowest BCUT2D eigenvalue weighted by molar-refractivity contribution is -0.128. The highest BCUT2D eigenvalue weighted by Crippen LogP contribution is 2.28. The lowest BCUT2D eigenvalue weighted by Crippen LogP contribution is -2.24. The van der Waals surface area contributed by atoms with Crippen molar-refractivity contribution in [2.24, 2.45) is 0 Å². The van der Waals surface area contributed by atoms with Gasteiger partial charge in [0.05, 0.1) is 6.61 Å². The molecule has 3 nitrogen and oxygen atoms in total. The van der Waals surface area contributed by atoms with Crippen molar-refractivity contribution in [3.63, 3.8) is 0 Å². The molecule has 0 radical (unpaired) electrons. The molecule has 20 heavy (non-hydrogen) atoms. The van der Waals surface area contributed by atoms with Crippen LogP contribution in [0, 0.1) is 0 Å². The lowest BCUT2D eigenvalue weighted by Gasteiger charge is -2.22. The number of carbonyl (C=O) groups is 1. The fourth-order valence-electron chi connectivity index (χ4n) is 1.98. The SMILES string of the molecule is CC.CC.CC(=O)N(C)Cc1cccc2c1CCCO2. The van der Waals surface area contributed by atoms with Gasteiger partial charge in [0, 0.05) is 20.5 Å². The summed E-state index contributed by atoms with van der Waals surface area (Å²) in [5, 5.41) is 0. The average Bonchev–Trinajstić information content (AvgIpc) is 2.51. The third-order valence-electron chi connectivity index (χ3n) is 3.00. The molecule has 0 aromatic heterocycles. The third kappa shape index (κ3) is 5.24. The van der Waals surface area contributed by atoms with Crippen LogP contribution in [-0.2, 0) is 17.8 Å². The van der Waals surface area contributed by atoms with Crippen molar-refractivity contribution in [2.75, 3.05) is 13.7 Å². The zero-order valence-electron chi connectivity index (χ0n) is 13.8. The molecular weight excluding hydrogens is 250 g/mol. The number of hydrogen-bond acceptors (Lipinski definition) is 2. The number of rotatable bonds is 2. The first-order valence-corrected chi connectivity index (χ1v) is 7.64. The number of hydrogen-bond donors (Lipinski definition) is 0. The van der Waals surface area contributed by atoms with Crippen molar-refractivity contribution < 1.29 is 9.53 Å². The molecule has 1 heterocycles. The van der Waals surface area contributed by atoms with Crippen LogP contribution in [0.4, 0.5) is 0 Å². The fraction of sp³-hybridized carbons (Fsp3) is 0.588. The highest BCUT2D eigenvalue weighted by Gasteiger charge is 2.15. The first kappa shape index (κ1) is 18.5. The van der Waals surface area contributed by atoms with E-state index in [-0.39, 0.29) is 5.91 Å². The normalized spacial score (nSPS) is 11.7. The van der Waals surface area contributed by atoms with Gasteiger partial charge in [-0.15, -0.1) is 0 Å². The maximum Gasteiger partial charge on any atom is 0.219 e. The third-order valence-corrected chi connectivity index (χ3v) is 3.00. The first-order valence-electron chi connectivity index (χ1n) is 7.64. The minimum Gasteiger partial charge on any atom is -0.493 e. The van der Waals surface area contributed by atoms with Crippen molar-refractivity contribution >= 4 is 5.91 Å². The van der Waals surface area contributed by atoms with E-state index in [1.807, 2.05) is 46.9 Å². The highest BCUT2D eigenvalue weighted by atomic mass is 16.5. The van der Waals surface area contributed by atoms with Crippen molar-refractivity contribution in [3.05, 3.63) is 29.3 Å². The van der Waals surface area contributed by atoms with E-state index in [9.17, 15) is 4.79 Å². The van der Waals surface area contributed by atoms with E-state index in [1.165, 1.54) is 11.1 Å². The molecule has 0 atom stereocenters. The molecule has 0 N–H and O–H groups in total. The van der Waals surface area contributed by atoms with Gasteiger partial charge in [0.15, 0.2) is 0 Å². The second kappa shape index (κ2) is 10.3. The van der Waals surface area contributed by atoms with E-state index < -0.39 is 0 Å². The Balaban J connectivity index is 0.000000829. The second-order valence-corrected chi connectivity index (χ2v) is 4.22. The Morgan fingerprint density at radius 2 is 1.90 bits per heavy atom.